The standard InChI is InChI=1S/C78H136NO8P/c1-6-8-10-12-14-16-18-20-22-24-26-28-30-32-33-34-35-36-37-38-39-40-41-42-43-44-45-47-49-51-53-55-57-59-61-63-65-67-69-71-78(81)87-76(75-86-88(82,83)85-73-72-79(3,4)5)74-84-77(80)70-68-66-64-62-60-58-56-54-52-50-48-46-31-29-27-25-23-21-19-17-15-13-11-9-7-2/h8,10,14,16,19-22,25-28,32-33,35-36,38-39,41-42,76H,6-7,9,11-13,15,17-18,23-24,29-31,34,37,40,43-75H2,1-5H3/b10-8-,16-14-,21-19-,22-20-,27-25-,28-26-,33-32-,36-35-,39-38-,42-41-. The number of hydrogen-bond acceptors (Lipinski definition) is 8. The molecule has 2 atom stereocenters. The Morgan fingerprint density at radius 1 is 0.364 bits per heavy atom. The summed E-state index contributed by atoms with van der Waals surface area (Å²) in [5.41, 5.74) is 0. The van der Waals surface area contributed by atoms with E-state index in [2.05, 4.69) is 135 Å². The third kappa shape index (κ3) is 71.5. The third-order valence-electron chi connectivity index (χ3n) is 15.5. The van der Waals surface area contributed by atoms with Crippen molar-refractivity contribution >= 4 is 19.8 Å². The van der Waals surface area contributed by atoms with Crippen LogP contribution in [0.5, 0.6) is 0 Å². The van der Waals surface area contributed by atoms with Crippen LogP contribution in [0.3, 0.4) is 0 Å². The summed E-state index contributed by atoms with van der Waals surface area (Å²) >= 11 is 0. The number of likely N-dealkylation sites (N-methyl/N-ethyl adjacent to an activating group) is 1. The zero-order chi connectivity index (χ0) is 64.1. The van der Waals surface area contributed by atoms with E-state index >= 15 is 0 Å². The Balaban J connectivity index is 4.04. The molecule has 0 radical (unpaired) electrons. The molecule has 0 spiro atoms. The first-order valence-corrected chi connectivity index (χ1v) is 37.7. The Bertz CT molecular complexity index is 1900. The molecule has 0 aromatic rings. The van der Waals surface area contributed by atoms with Gasteiger partial charge >= 0.3 is 11.9 Å². The van der Waals surface area contributed by atoms with Gasteiger partial charge in [-0.15, -0.1) is 0 Å². The molecule has 88 heavy (non-hydrogen) atoms. The van der Waals surface area contributed by atoms with E-state index in [9.17, 15) is 19.0 Å². The lowest BCUT2D eigenvalue weighted by molar-refractivity contribution is -0.870. The Labute approximate surface area is 543 Å². The first kappa shape index (κ1) is 84.4. The molecular formula is C78H136NO8P. The molecule has 0 saturated carbocycles. The summed E-state index contributed by atoms with van der Waals surface area (Å²) in [5.74, 6) is -0.830. The maximum Gasteiger partial charge on any atom is 0.306 e. The minimum Gasteiger partial charge on any atom is -0.756 e. The van der Waals surface area contributed by atoms with E-state index in [4.69, 9.17) is 18.5 Å². The molecule has 0 aliphatic heterocycles. The molecule has 0 aromatic heterocycles. The number of carbonyl (C=O) groups excluding carboxylic acids is 2. The van der Waals surface area contributed by atoms with E-state index in [1.807, 2.05) is 21.1 Å². The van der Waals surface area contributed by atoms with Gasteiger partial charge in [0.1, 0.15) is 19.8 Å². The van der Waals surface area contributed by atoms with E-state index < -0.39 is 26.5 Å². The number of carbonyl (C=O) groups is 2. The molecule has 0 amide bonds. The highest BCUT2D eigenvalue weighted by Gasteiger charge is 2.22. The van der Waals surface area contributed by atoms with Gasteiger partial charge in [0.15, 0.2) is 6.10 Å². The van der Waals surface area contributed by atoms with Gasteiger partial charge in [-0.3, -0.25) is 14.2 Å². The van der Waals surface area contributed by atoms with Crippen molar-refractivity contribution in [2.24, 2.45) is 0 Å². The SMILES string of the molecule is CC/C=C\C/C=C\C/C=C\C/C=C\C/C=C\C/C=C\C/C=C\C/C=C\CCCCCCCCCCCCCCCCC(=O)OC(COC(=O)CCCCCCCCCCCCCCC/C=C\C/C=C\CCCCCCC)COP(=O)([O-])OCC[N+](C)(C)C. The second-order valence-corrected chi connectivity index (χ2v) is 26.6. The lowest BCUT2D eigenvalue weighted by Gasteiger charge is -2.28. The number of nitrogens with zero attached hydrogens (tertiary/aromatic N) is 1. The highest BCUT2D eigenvalue weighted by atomic mass is 31.2. The highest BCUT2D eigenvalue weighted by Crippen LogP contribution is 2.38. The molecule has 0 bridgehead atoms. The van der Waals surface area contributed by atoms with E-state index in [1.165, 1.54) is 180 Å². The topological polar surface area (TPSA) is 111 Å². The van der Waals surface area contributed by atoms with Crippen LogP contribution in [0.1, 0.15) is 309 Å². The molecule has 0 rings (SSSR count). The summed E-state index contributed by atoms with van der Waals surface area (Å²) in [4.78, 5) is 38.1. The fourth-order valence-corrected chi connectivity index (χ4v) is 10.7. The van der Waals surface area contributed by atoms with Gasteiger partial charge in [-0.05, 0) is 109 Å². The van der Waals surface area contributed by atoms with Crippen LogP contribution in [0.15, 0.2) is 122 Å². The fourth-order valence-electron chi connectivity index (χ4n) is 9.94. The van der Waals surface area contributed by atoms with E-state index in [1.54, 1.807) is 0 Å². The van der Waals surface area contributed by atoms with E-state index in [0.717, 1.165) is 96.3 Å². The average Bonchev–Trinajstić information content (AvgIpc) is 3.68. The second-order valence-electron chi connectivity index (χ2n) is 25.2. The summed E-state index contributed by atoms with van der Waals surface area (Å²) in [6, 6.07) is 0. The minimum atomic E-state index is -4.65. The van der Waals surface area contributed by atoms with Gasteiger partial charge in [-0.25, -0.2) is 0 Å². The number of allylic oxidation sites excluding steroid dienone is 20. The van der Waals surface area contributed by atoms with Crippen LogP contribution in [-0.2, 0) is 32.7 Å². The molecule has 2 unspecified atom stereocenters. The van der Waals surface area contributed by atoms with Gasteiger partial charge < -0.3 is 27.9 Å². The summed E-state index contributed by atoms with van der Waals surface area (Å²) in [5, 5.41) is 0. The van der Waals surface area contributed by atoms with Gasteiger partial charge in [0.05, 0.1) is 27.7 Å². The highest BCUT2D eigenvalue weighted by molar-refractivity contribution is 7.45. The molecule has 10 heteroatoms. The molecule has 506 valence electrons. The zero-order valence-corrected chi connectivity index (χ0v) is 58.5. The lowest BCUT2D eigenvalue weighted by Crippen LogP contribution is -2.37. The van der Waals surface area contributed by atoms with Crippen LogP contribution in [0.4, 0.5) is 0 Å². The van der Waals surface area contributed by atoms with Crippen molar-refractivity contribution in [1.82, 2.24) is 0 Å². The number of unbranched alkanes of at least 4 members (excludes halogenated alkanes) is 32. The molecule has 9 nitrogen and oxygen atoms in total. The van der Waals surface area contributed by atoms with Gasteiger partial charge in [-0.2, -0.15) is 0 Å². The summed E-state index contributed by atoms with van der Waals surface area (Å²) in [6.45, 7) is 4.14. The number of esters is 2. The van der Waals surface area contributed by atoms with Crippen LogP contribution in [0.2, 0.25) is 0 Å². The summed E-state index contributed by atoms with van der Waals surface area (Å²) < 4.78 is 34.3. The van der Waals surface area contributed by atoms with Crippen molar-refractivity contribution in [3.8, 4) is 0 Å². The smallest absolute Gasteiger partial charge is 0.306 e. The van der Waals surface area contributed by atoms with Gasteiger partial charge in [-0.1, -0.05) is 309 Å². The molecule has 0 fully saturated rings. The number of phosphoric ester groups is 1. The van der Waals surface area contributed by atoms with E-state index in [0.29, 0.717) is 17.4 Å². The number of ether oxygens (including phenoxy) is 2. The molecule has 0 saturated heterocycles. The predicted molar refractivity (Wildman–Crippen MR) is 378 cm³/mol. The van der Waals surface area contributed by atoms with Crippen molar-refractivity contribution in [2.75, 3.05) is 47.5 Å². The Morgan fingerprint density at radius 2 is 0.648 bits per heavy atom. The molecule has 0 N–H and O–H groups in total. The number of rotatable bonds is 66. The maximum absolute atomic E-state index is 12.9. The minimum absolute atomic E-state index is 0.0344. The van der Waals surface area contributed by atoms with Crippen molar-refractivity contribution < 1.29 is 42.1 Å². The van der Waals surface area contributed by atoms with Crippen LogP contribution >= 0.6 is 7.82 Å². The largest absolute Gasteiger partial charge is 0.756 e. The van der Waals surface area contributed by atoms with Gasteiger partial charge in [0.25, 0.3) is 7.82 Å². The van der Waals surface area contributed by atoms with E-state index in [-0.39, 0.29) is 32.0 Å². The first-order valence-electron chi connectivity index (χ1n) is 36.2. The Kier molecular flexibility index (Phi) is 65.0. The van der Waals surface area contributed by atoms with Crippen molar-refractivity contribution in [3.63, 3.8) is 0 Å². The number of phosphoric acid groups is 1. The monoisotopic (exact) mass is 1250 g/mol. The van der Waals surface area contributed by atoms with Crippen LogP contribution in [0, 0.1) is 0 Å². The van der Waals surface area contributed by atoms with Gasteiger partial charge in [0, 0.05) is 12.8 Å². The molecule has 0 aliphatic carbocycles. The zero-order valence-electron chi connectivity index (χ0n) is 57.6. The van der Waals surface area contributed by atoms with Crippen molar-refractivity contribution in [2.45, 2.75) is 315 Å². The average molecular weight is 1250 g/mol. The van der Waals surface area contributed by atoms with Crippen LogP contribution in [-0.4, -0.2) is 70.0 Å². The normalized spacial score (nSPS) is 13.8. The van der Waals surface area contributed by atoms with Gasteiger partial charge in [0.2, 0.25) is 0 Å². The fraction of sp³-hybridized carbons (Fsp3) is 0.718. The van der Waals surface area contributed by atoms with Crippen LogP contribution < -0.4 is 4.89 Å². The van der Waals surface area contributed by atoms with Crippen molar-refractivity contribution in [3.05, 3.63) is 122 Å². The summed E-state index contributed by atoms with van der Waals surface area (Å²) in [7, 11) is 1.16. The Hall–Kier alpha value is -3.59. The maximum atomic E-state index is 12.9. The second kappa shape index (κ2) is 67.8. The Morgan fingerprint density at radius 3 is 0.966 bits per heavy atom. The first-order chi connectivity index (χ1) is 43.0. The number of hydrogen-bond donors (Lipinski definition) is 0. The molecule has 0 heterocycles. The predicted octanol–water partition coefficient (Wildman–Crippen LogP) is 23.2. The third-order valence-corrected chi connectivity index (χ3v) is 16.4. The molecule has 0 aromatic carbocycles. The number of quaternary nitrogens is 1. The quantitative estimate of drug-likeness (QED) is 0.0195. The van der Waals surface area contributed by atoms with Crippen LogP contribution in [0.25, 0.3) is 0 Å². The molecule has 0 aliphatic rings. The summed E-state index contributed by atoms with van der Waals surface area (Å²) in [6.07, 6.45) is 97.1. The molecular weight excluding hydrogens is 1110 g/mol. The van der Waals surface area contributed by atoms with Crippen molar-refractivity contribution in [1.29, 1.82) is 0 Å². The lowest BCUT2D eigenvalue weighted by atomic mass is 10.0.